The minimum atomic E-state index is -0.161. The summed E-state index contributed by atoms with van der Waals surface area (Å²) in [5.41, 5.74) is 4.50. The summed E-state index contributed by atoms with van der Waals surface area (Å²) >= 11 is 0. The Balaban J connectivity index is 1.32. The van der Waals surface area contributed by atoms with Crippen molar-refractivity contribution in [1.29, 1.82) is 0 Å². The zero-order valence-corrected chi connectivity index (χ0v) is 16.5. The molecular formula is C24H21N3O3. The van der Waals surface area contributed by atoms with Crippen molar-refractivity contribution in [3.8, 4) is 17.2 Å². The molecule has 4 aromatic rings. The first-order valence-electron chi connectivity index (χ1n) is 9.92. The fourth-order valence-electron chi connectivity index (χ4n) is 3.63. The van der Waals surface area contributed by atoms with Crippen LogP contribution in [0.1, 0.15) is 28.9 Å². The third-order valence-corrected chi connectivity index (χ3v) is 5.28. The third-order valence-electron chi connectivity index (χ3n) is 5.28. The molecule has 6 nitrogen and oxygen atoms in total. The van der Waals surface area contributed by atoms with E-state index in [9.17, 15) is 4.79 Å². The summed E-state index contributed by atoms with van der Waals surface area (Å²) in [6.07, 6.45) is 1.80. The van der Waals surface area contributed by atoms with Crippen LogP contribution in [0.5, 0.6) is 11.5 Å². The number of aromatic nitrogens is 2. The monoisotopic (exact) mass is 399 g/mol. The number of carbonyl (C=O) groups excluding carboxylic acids is 1. The molecule has 2 heterocycles. The van der Waals surface area contributed by atoms with E-state index in [1.54, 1.807) is 6.33 Å². The van der Waals surface area contributed by atoms with Crippen molar-refractivity contribution in [2.75, 3.05) is 13.2 Å². The van der Waals surface area contributed by atoms with Crippen LogP contribution < -0.4 is 14.8 Å². The van der Waals surface area contributed by atoms with E-state index < -0.39 is 0 Å². The van der Waals surface area contributed by atoms with Crippen molar-refractivity contribution >= 4 is 16.9 Å². The molecule has 1 amide bonds. The summed E-state index contributed by atoms with van der Waals surface area (Å²) < 4.78 is 13.2. The lowest BCUT2D eigenvalue weighted by Crippen LogP contribution is -2.26. The predicted octanol–water partition coefficient (Wildman–Crippen LogP) is 4.29. The van der Waals surface area contributed by atoms with Crippen LogP contribution in [0.3, 0.4) is 0 Å². The topological polar surface area (TPSA) is 65.4 Å². The van der Waals surface area contributed by atoms with Crippen LogP contribution in [0, 0.1) is 0 Å². The smallest absolute Gasteiger partial charge is 0.251 e. The average molecular weight is 399 g/mol. The van der Waals surface area contributed by atoms with Gasteiger partial charge in [0.05, 0.1) is 17.1 Å². The number of hydrogen-bond acceptors (Lipinski definition) is 4. The zero-order chi connectivity index (χ0) is 20.5. The maximum Gasteiger partial charge on any atom is 0.251 e. The van der Waals surface area contributed by atoms with Gasteiger partial charge in [0, 0.05) is 11.3 Å². The number of ether oxygens (including phenoxy) is 2. The second-order valence-electron chi connectivity index (χ2n) is 7.25. The zero-order valence-electron chi connectivity index (χ0n) is 16.5. The summed E-state index contributed by atoms with van der Waals surface area (Å²) in [6.45, 7) is 3.05. The van der Waals surface area contributed by atoms with Gasteiger partial charge in [-0.25, -0.2) is 4.98 Å². The molecule has 0 spiro atoms. The molecule has 0 aliphatic carbocycles. The summed E-state index contributed by atoms with van der Waals surface area (Å²) in [5.74, 6) is 1.34. The van der Waals surface area contributed by atoms with E-state index in [4.69, 9.17) is 9.47 Å². The molecule has 1 aliphatic heterocycles. The molecular weight excluding hydrogens is 378 g/mol. The highest BCUT2D eigenvalue weighted by Crippen LogP contribution is 2.32. The second kappa shape index (κ2) is 7.55. The second-order valence-corrected chi connectivity index (χ2v) is 7.25. The van der Waals surface area contributed by atoms with Crippen LogP contribution in [-0.2, 0) is 0 Å². The lowest BCUT2D eigenvalue weighted by Gasteiger charge is -2.21. The lowest BCUT2D eigenvalue weighted by atomic mass is 10.1. The first-order valence-corrected chi connectivity index (χ1v) is 9.92. The van der Waals surface area contributed by atoms with Gasteiger partial charge in [-0.1, -0.05) is 18.2 Å². The molecule has 1 unspecified atom stereocenters. The summed E-state index contributed by atoms with van der Waals surface area (Å²) in [5, 5.41) is 3.05. The number of nitrogens with one attached hydrogen (secondary N) is 1. The van der Waals surface area contributed by atoms with Crippen LogP contribution in [-0.4, -0.2) is 28.7 Å². The maximum absolute atomic E-state index is 12.7. The highest BCUT2D eigenvalue weighted by Gasteiger charge is 2.16. The van der Waals surface area contributed by atoms with Crippen LogP contribution >= 0.6 is 0 Å². The molecule has 150 valence electrons. The van der Waals surface area contributed by atoms with E-state index in [2.05, 4.69) is 10.3 Å². The number of rotatable bonds is 4. The normalized spacial score (nSPS) is 13.8. The predicted molar refractivity (Wildman–Crippen MR) is 114 cm³/mol. The van der Waals surface area contributed by atoms with Gasteiger partial charge in [-0.3, -0.25) is 9.36 Å². The highest BCUT2D eigenvalue weighted by atomic mass is 16.6. The average Bonchev–Trinajstić information content (AvgIpc) is 3.23. The van der Waals surface area contributed by atoms with Crippen molar-refractivity contribution < 1.29 is 14.3 Å². The van der Waals surface area contributed by atoms with Crippen LogP contribution in [0.4, 0.5) is 0 Å². The fraction of sp³-hybridized carbons (Fsp3) is 0.167. The van der Waals surface area contributed by atoms with E-state index >= 15 is 0 Å². The summed E-state index contributed by atoms with van der Waals surface area (Å²) in [7, 11) is 0. The molecule has 5 rings (SSSR count). The molecule has 30 heavy (non-hydrogen) atoms. The standard InChI is InChI=1S/C24H21N3O3/c1-16(18-8-11-22-23(14-18)30-13-12-29-22)26-24(28)17-6-9-19(10-7-17)27-15-25-20-4-2-3-5-21(20)27/h2-11,14-16H,12-13H2,1H3,(H,26,28). The number of amides is 1. The molecule has 0 fully saturated rings. The Kier molecular flexibility index (Phi) is 4.59. The van der Waals surface area contributed by atoms with Crippen molar-refractivity contribution in [1.82, 2.24) is 14.9 Å². The van der Waals surface area contributed by atoms with E-state index in [-0.39, 0.29) is 11.9 Å². The third kappa shape index (κ3) is 3.37. The lowest BCUT2D eigenvalue weighted by molar-refractivity contribution is 0.0939. The number of hydrogen-bond donors (Lipinski definition) is 1. The Labute approximate surface area is 174 Å². The Morgan fingerprint density at radius 2 is 1.77 bits per heavy atom. The quantitative estimate of drug-likeness (QED) is 0.556. The van der Waals surface area contributed by atoms with Crippen LogP contribution in [0.25, 0.3) is 16.7 Å². The van der Waals surface area contributed by atoms with Crippen molar-refractivity contribution in [3.63, 3.8) is 0 Å². The molecule has 1 aliphatic rings. The molecule has 1 atom stereocenters. The van der Waals surface area contributed by atoms with Crippen molar-refractivity contribution in [3.05, 3.63) is 84.2 Å². The first-order chi connectivity index (χ1) is 14.7. The molecule has 1 aromatic heterocycles. The summed E-state index contributed by atoms with van der Waals surface area (Å²) in [4.78, 5) is 17.2. The van der Waals surface area contributed by atoms with Crippen molar-refractivity contribution in [2.45, 2.75) is 13.0 Å². The van der Waals surface area contributed by atoms with Gasteiger partial charge < -0.3 is 14.8 Å². The number of carbonyl (C=O) groups is 1. The molecule has 0 bridgehead atoms. The van der Waals surface area contributed by atoms with E-state index in [0.29, 0.717) is 18.8 Å². The minimum Gasteiger partial charge on any atom is -0.486 e. The van der Waals surface area contributed by atoms with Gasteiger partial charge in [0.25, 0.3) is 5.91 Å². The van der Waals surface area contributed by atoms with Gasteiger partial charge in [-0.2, -0.15) is 0 Å². The molecule has 0 saturated carbocycles. The van der Waals surface area contributed by atoms with Crippen LogP contribution in [0.2, 0.25) is 0 Å². The Bertz CT molecular complexity index is 1210. The minimum absolute atomic E-state index is 0.126. The molecule has 3 aromatic carbocycles. The van der Waals surface area contributed by atoms with Gasteiger partial charge in [0.2, 0.25) is 0 Å². The van der Waals surface area contributed by atoms with Crippen molar-refractivity contribution in [2.24, 2.45) is 0 Å². The van der Waals surface area contributed by atoms with E-state index in [1.807, 2.05) is 78.2 Å². The molecule has 1 N–H and O–H groups in total. The number of benzene rings is 3. The van der Waals surface area contributed by atoms with Gasteiger partial charge in [0.15, 0.2) is 11.5 Å². The van der Waals surface area contributed by atoms with E-state index in [0.717, 1.165) is 33.8 Å². The summed E-state index contributed by atoms with van der Waals surface area (Å²) in [6, 6.07) is 21.1. The molecule has 0 radical (unpaired) electrons. The maximum atomic E-state index is 12.7. The van der Waals surface area contributed by atoms with Gasteiger partial charge in [-0.05, 0) is 61.0 Å². The Morgan fingerprint density at radius 1 is 1.00 bits per heavy atom. The number of imidazole rings is 1. The van der Waals surface area contributed by atoms with E-state index in [1.165, 1.54) is 0 Å². The number of nitrogens with zero attached hydrogens (tertiary/aromatic N) is 2. The largest absolute Gasteiger partial charge is 0.486 e. The van der Waals surface area contributed by atoms with Gasteiger partial charge in [0.1, 0.15) is 19.5 Å². The Hall–Kier alpha value is -3.80. The van der Waals surface area contributed by atoms with Gasteiger partial charge >= 0.3 is 0 Å². The van der Waals surface area contributed by atoms with Crippen LogP contribution in [0.15, 0.2) is 73.1 Å². The molecule has 0 saturated heterocycles. The fourth-order valence-corrected chi connectivity index (χ4v) is 3.63. The molecule has 6 heteroatoms. The number of fused-ring (bicyclic) bond motifs is 2. The SMILES string of the molecule is CC(NC(=O)c1ccc(-n2cnc3ccccc32)cc1)c1ccc2c(c1)OCCO2. The van der Waals surface area contributed by atoms with Gasteiger partial charge in [-0.15, -0.1) is 0 Å². The highest BCUT2D eigenvalue weighted by molar-refractivity contribution is 5.94. The number of para-hydroxylation sites is 2. The first kappa shape index (κ1) is 18.2. The Morgan fingerprint density at radius 3 is 2.60 bits per heavy atom.